The van der Waals surface area contributed by atoms with Crippen molar-refractivity contribution in [3.63, 3.8) is 0 Å². The number of hydrogen-bond acceptors (Lipinski definition) is 5. The van der Waals surface area contributed by atoms with Crippen LogP contribution in [0.25, 0.3) is 0 Å². The van der Waals surface area contributed by atoms with Crippen molar-refractivity contribution in [1.82, 2.24) is 19.4 Å². The average Bonchev–Trinajstić information content (AvgIpc) is 3.33. The average molecular weight is 389 g/mol. The summed E-state index contributed by atoms with van der Waals surface area (Å²) >= 11 is 1.33. The Morgan fingerprint density at radius 2 is 2.00 bits per heavy atom. The van der Waals surface area contributed by atoms with Crippen molar-refractivity contribution >= 4 is 17.4 Å². The number of aromatic nitrogens is 2. The van der Waals surface area contributed by atoms with E-state index >= 15 is 0 Å². The lowest BCUT2D eigenvalue weighted by molar-refractivity contribution is -0.132. The van der Waals surface area contributed by atoms with E-state index in [4.69, 9.17) is 0 Å². The van der Waals surface area contributed by atoms with Gasteiger partial charge in [-0.15, -0.1) is 5.10 Å². The Hall–Kier alpha value is -1.86. The van der Waals surface area contributed by atoms with Crippen molar-refractivity contribution in [3.05, 3.63) is 46.7 Å². The highest BCUT2D eigenvalue weighted by Crippen LogP contribution is 2.39. The van der Waals surface area contributed by atoms with Crippen molar-refractivity contribution < 1.29 is 9.18 Å². The second kappa shape index (κ2) is 8.02. The van der Waals surface area contributed by atoms with E-state index in [1.807, 2.05) is 22.4 Å². The van der Waals surface area contributed by atoms with Crippen LogP contribution in [0.15, 0.2) is 29.6 Å². The van der Waals surface area contributed by atoms with Gasteiger partial charge in [-0.3, -0.25) is 9.69 Å². The van der Waals surface area contributed by atoms with Gasteiger partial charge in [-0.25, -0.2) is 4.39 Å². The van der Waals surface area contributed by atoms with Gasteiger partial charge < -0.3 is 4.90 Å². The van der Waals surface area contributed by atoms with Crippen molar-refractivity contribution in [2.75, 3.05) is 26.2 Å². The lowest BCUT2D eigenvalue weighted by Gasteiger charge is -2.33. The highest BCUT2D eigenvalue weighted by atomic mass is 32.1. The molecular weight excluding hydrogens is 363 g/mol. The zero-order chi connectivity index (χ0) is 18.8. The highest BCUT2D eigenvalue weighted by Gasteiger charge is 2.39. The Morgan fingerprint density at radius 3 is 2.70 bits per heavy atom. The number of hydrogen-bond donors (Lipinski definition) is 0. The Balaban J connectivity index is 1.51. The van der Waals surface area contributed by atoms with Crippen LogP contribution in [-0.2, 0) is 4.79 Å². The first-order valence-electron chi connectivity index (χ1n) is 9.66. The lowest BCUT2D eigenvalue weighted by atomic mass is 9.87. The predicted molar refractivity (Wildman–Crippen MR) is 103 cm³/mol. The van der Waals surface area contributed by atoms with Gasteiger partial charge in [0.2, 0.25) is 5.91 Å². The number of halogens is 1. The largest absolute Gasteiger partial charge is 0.340 e. The molecule has 0 aliphatic carbocycles. The van der Waals surface area contributed by atoms with E-state index in [1.54, 1.807) is 0 Å². The minimum Gasteiger partial charge on any atom is -0.340 e. The summed E-state index contributed by atoms with van der Waals surface area (Å²) in [7, 11) is 0. The smallest absolute Gasteiger partial charge is 0.236 e. The molecule has 7 heteroatoms. The normalized spacial score (nSPS) is 26.4. The minimum atomic E-state index is -0.240. The molecule has 5 nitrogen and oxygen atoms in total. The van der Waals surface area contributed by atoms with E-state index in [0.717, 1.165) is 17.8 Å². The van der Waals surface area contributed by atoms with Crippen LogP contribution in [0.4, 0.5) is 4.39 Å². The molecule has 2 saturated heterocycles. The number of likely N-dealkylation sites (tertiary alicyclic amines) is 2. The summed E-state index contributed by atoms with van der Waals surface area (Å²) in [6, 6.07) is 7.11. The molecule has 144 valence electrons. The van der Waals surface area contributed by atoms with Crippen LogP contribution in [0.2, 0.25) is 0 Å². The first-order chi connectivity index (χ1) is 13.1. The van der Waals surface area contributed by atoms with Crippen LogP contribution in [0.5, 0.6) is 0 Å². The molecule has 4 rings (SSSR count). The number of carbonyl (C=O) groups is 1. The molecule has 2 aromatic rings. The van der Waals surface area contributed by atoms with Gasteiger partial charge in [-0.05, 0) is 55.5 Å². The molecule has 0 N–H and O–H groups in total. The fourth-order valence-electron chi connectivity index (χ4n) is 4.35. The van der Waals surface area contributed by atoms with Crippen molar-refractivity contribution in [2.45, 2.75) is 44.1 Å². The fraction of sp³-hybridized carbons (Fsp3) is 0.550. The van der Waals surface area contributed by atoms with Crippen molar-refractivity contribution in [1.29, 1.82) is 0 Å². The van der Waals surface area contributed by atoms with E-state index < -0.39 is 0 Å². The molecule has 27 heavy (non-hydrogen) atoms. The molecule has 0 spiro atoms. The summed E-state index contributed by atoms with van der Waals surface area (Å²) in [5, 5.41) is 6.22. The predicted octanol–water partition coefficient (Wildman–Crippen LogP) is 3.26. The monoisotopic (exact) mass is 388 g/mol. The molecule has 2 aliphatic rings. The molecule has 3 heterocycles. The SMILES string of the molecule is C[C@@H]1CCCCN1CC(=O)N1C[C@@H](c2ccc(F)cc2)[C@H](c2csnn2)C1. The number of nitrogens with zero attached hydrogens (tertiary/aromatic N) is 4. The zero-order valence-electron chi connectivity index (χ0n) is 15.6. The number of carbonyl (C=O) groups excluding carboxylic acids is 1. The summed E-state index contributed by atoms with van der Waals surface area (Å²) in [4.78, 5) is 17.3. The number of rotatable bonds is 4. The van der Waals surface area contributed by atoms with Gasteiger partial charge in [0.05, 0.1) is 12.2 Å². The lowest BCUT2D eigenvalue weighted by Crippen LogP contribution is -2.45. The summed E-state index contributed by atoms with van der Waals surface area (Å²) in [5.41, 5.74) is 1.98. The van der Waals surface area contributed by atoms with Gasteiger partial charge in [-0.2, -0.15) is 0 Å². The van der Waals surface area contributed by atoms with Crippen LogP contribution >= 0.6 is 11.5 Å². The molecule has 1 amide bonds. The Morgan fingerprint density at radius 1 is 1.22 bits per heavy atom. The van der Waals surface area contributed by atoms with Crippen molar-refractivity contribution in [3.8, 4) is 0 Å². The van der Waals surface area contributed by atoms with E-state index in [2.05, 4.69) is 21.4 Å². The minimum absolute atomic E-state index is 0.108. The molecule has 2 fully saturated rings. The van der Waals surface area contributed by atoms with Gasteiger partial charge in [0.1, 0.15) is 5.82 Å². The van der Waals surface area contributed by atoms with Gasteiger partial charge in [0, 0.05) is 36.3 Å². The van der Waals surface area contributed by atoms with E-state index in [9.17, 15) is 9.18 Å². The molecule has 0 saturated carbocycles. The summed E-state index contributed by atoms with van der Waals surface area (Å²) in [6.45, 7) is 4.99. The van der Waals surface area contributed by atoms with E-state index in [1.165, 1.54) is 42.9 Å². The summed E-state index contributed by atoms with van der Waals surface area (Å²) < 4.78 is 17.4. The molecular formula is C20H25FN4OS. The molecule has 1 aromatic carbocycles. The second-order valence-corrected chi connectivity index (χ2v) is 8.32. The van der Waals surface area contributed by atoms with Crippen LogP contribution in [0.3, 0.4) is 0 Å². The van der Waals surface area contributed by atoms with E-state index in [-0.39, 0.29) is 23.6 Å². The summed E-state index contributed by atoms with van der Waals surface area (Å²) in [5.74, 6) is 0.173. The number of piperidine rings is 1. The maximum absolute atomic E-state index is 13.4. The molecule has 2 aliphatic heterocycles. The highest BCUT2D eigenvalue weighted by molar-refractivity contribution is 7.03. The Bertz CT molecular complexity index is 767. The maximum Gasteiger partial charge on any atom is 0.236 e. The van der Waals surface area contributed by atoms with Gasteiger partial charge >= 0.3 is 0 Å². The van der Waals surface area contributed by atoms with Gasteiger partial charge in [0.25, 0.3) is 0 Å². The Labute approximate surface area is 163 Å². The van der Waals surface area contributed by atoms with Crippen LogP contribution in [0.1, 0.15) is 49.3 Å². The van der Waals surface area contributed by atoms with Gasteiger partial charge in [-0.1, -0.05) is 23.0 Å². The first-order valence-corrected chi connectivity index (χ1v) is 10.5. The first kappa shape index (κ1) is 18.5. The molecule has 1 aromatic heterocycles. The third kappa shape index (κ3) is 4.04. The zero-order valence-corrected chi connectivity index (χ0v) is 16.4. The number of amides is 1. The number of benzene rings is 1. The maximum atomic E-state index is 13.4. The second-order valence-electron chi connectivity index (χ2n) is 7.71. The Kier molecular flexibility index (Phi) is 5.50. The van der Waals surface area contributed by atoms with Gasteiger partial charge in [0.15, 0.2) is 0 Å². The quantitative estimate of drug-likeness (QED) is 0.807. The third-order valence-electron chi connectivity index (χ3n) is 6.01. The molecule has 3 atom stereocenters. The molecule has 0 bridgehead atoms. The van der Waals surface area contributed by atoms with Crippen LogP contribution < -0.4 is 0 Å². The molecule has 0 radical (unpaired) electrons. The third-order valence-corrected chi connectivity index (χ3v) is 6.53. The summed E-state index contributed by atoms with van der Waals surface area (Å²) in [6.07, 6.45) is 3.59. The topological polar surface area (TPSA) is 49.3 Å². The standard InChI is InChI=1S/C20H25FN4OS/c1-14-4-2-3-9-24(14)12-20(26)25-10-17(15-5-7-16(21)8-6-15)18(11-25)19-13-27-23-22-19/h5-8,13-14,17-18H,2-4,9-12H2,1H3/t14-,17+,18-/m1/s1. The van der Waals surface area contributed by atoms with E-state index in [0.29, 0.717) is 25.7 Å². The van der Waals surface area contributed by atoms with Crippen LogP contribution in [0, 0.1) is 5.82 Å². The molecule has 0 unspecified atom stereocenters. The van der Waals surface area contributed by atoms with Crippen LogP contribution in [-0.4, -0.2) is 57.5 Å². The van der Waals surface area contributed by atoms with Crippen molar-refractivity contribution in [2.24, 2.45) is 0 Å². The fourth-order valence-corrected chi connectivity index (χ4v) is 4.87.